The second-order valence-corrected chi connectivity index (χ2v) is 10.9. The van der Waals surface area contributed by atoms with Gasteiger partial charge in [-0.15, -0.1) is 0 Å². The molecule has 6 rings (SSSR count). The van der Waals surface area contributed by atoms with Crippen LogP contribution in [0.4, 0.5) is 4.39 Å². The van der Waals surface area contributed by atoms with Crippen LogP contribution >= 0.6 is 11.6 Å². The zero-order valence-corrected chi connectivity index (χ0v) is 22.1. The number of para-hydroxylation sites is 1. The molecule has 0 amide bonds. The number of likely N-dealkylation sites (tertiary alicyclic amines) is 1. The summed E-state index contributed by atoms with van der Waals surface area (Å²) in [5.41, 5.74) is 2.00. The van der Waals surface area contributed by atoms with Gasteiger partial charge in [-0.3, -0.25) is 9.69 Å². The normalized spacial score (nSPS) is 23.7. The predicted octanol–water partition coefficient (Wildman–Crippen LogP) is 5.69. The van der Waals surface area contributed by atoms with Crippen LogP contribution in [-0.2, 0) is 23.6 Å². The van der Waals surface area contributed by atoms with Gasteiger partial charge in [0.15, 0.2) is 17.8 Å². The number of hydrogen-bond donors (Lipinski definition) is 0. The van der Waals surface area contributed by atoms with Gasteiger partial charge in [-0.25, -0.2) is 9.37 Å². The molecule has 3 aromatic rings. The van der Waals surface area contributed by atoms with Gasteiger partial charge in [0.25, 0.3) is 5.79 Å². The molecule has 0 aliphatic carbocycles. The van der Waals surface area contributed by atoms with E-state index in [2.05, 4.69) is 16.0 Å². The summed E-state index contributed by atoms with van der Waals surface area (Å²) in [5, 5.41) is 0.328. The molecule has 2 saturated heterocycles. The van der Waals surface area contributed by atoms with E-state index in [1.54, 1.807) is 25.3 Å². The van der Waals surface area contributed by atoms with Crippen molar-refractivity contribution in [2.75, 3.05) is 19.7 Å². The summed E-state index contributed by atoms with van der Waals surface area (Å²) in [7, 11) is 0. The predicted molar refractivity (Wildman–Crippen MR) is 140 cm³/mol. The van der Waals surface area contributed by atoms with E-state index >= 15 is 0 Å². The Labute approximate surface area is 226 Å². The van der Waals surface area contributed by atoms with Gasteiger partial charge in [0.05, 0.1) is 31.0 Å². The third kappa shape index (κ3) is 4.81. The van der Waals surface area contributed by atoms with Crippen molar-refractivity contribution in [1.82, 2.24) is 14.5 Å². The quantitative estimate of drug-likeness (QED) is 0.359. The van der Waals surface area contributed by atoms with Crippen molar-refractivity contribution in [3.05, 3.63) is 76.1 Å². The molecule has 3 aliphatic heterocycles. The topological polar surface area (TPSA) is 65.8 Å². The zero-order chi connectivity index (χ0) is 26.3. The number of aldehydes is 1. The molecule has 9 heteroatoms. The van der Waals surface area contributed by atoms with Crippen LogP contribution < -0.4 is 9.47 Å². The number of carbonyl (C=O) groups is 1. The molecular weight excluding hydrogens is 509 g/mol. The van der Waals surface area contributed by atoms with E-state index in [0.717, 1.165) is 63.1 Å². The van der Waals surface area contributed by atoms with Gasteiger partial charge in [0.2, 0.25) is 0 Å². The number of benzene rings is 2. The van der Waals surface area contributed by atoms with Crippen molar-refractivity contribution in [3.8, 4) is 11.5 Å². The van der Waals surface area contributed by atoms with Crippen molar-refractivity contribution in [1.29, 1.82) is 0 Å². The van der Waals surface area contributed by atoms with Crippen LogP contribution in [0, 0.1) is 5.82 Å². The number of aromatic nitrogens is 2. The molecular formula is C29H31ClFN3O4. The average Bonchev–Trinajstić information content (AvgIpc) is 3.64. The maximum Gasteiger partial charge on any atom is 0.278 e. The van der Waals surface area contributed by atoms with E-state index in [4.69, 9.17) is 25.8 Å². The Morgan fingerprint density at radius 2 is 2.03 bits per heavy atom. The Kier molecular flexibility index (Phi) is 6.88. The average molecular weight is 540 g/mol. The Balaban J connectivity index is 1.14. The molecule has 0 spiro atoms. The fraction of sp³-hybridized carbons (Fsp3) is 0.448. The molecule has 2 aromatic carbocycles. The minimum atomic E-state index is -1.26. The lowest BCUT2D eigenvalue weighted by Crippen LogP contribution is -2.34. The molecule has 4 heterocycles. The van der Waals surface area contributed by atoms with Crippen LogP contribution in [0.1, 0.15) is 66.0 Å². The van der Waals surface area contributed by atoms with E-state index < -0.39 is 11.6 Å². The second kappa shape index (κ2) is 10.3. The van der Waals surface area contributed by atoms with Crippen molar-refractivity contribution in [2.45, 2.75) is 63.5 Å². The van der Waals surface area contributed by atoms with Gasteiger partial charge in [-0.05, 0) is 69.0 Å². The van der Waals surface area contributed by atoms with Gasteiger partial charge < -0.3 is 18.8 Å². The van der Waals surface area contributed by atoms with E-state index in [9.17, 15) is 9.18 Å². The van der Waals surface area contributed by atoms with E-state index in [1.807, 2.05) is 16.7 Å². The molecule has 7 nitrogen and oxygen atoms in total. The Morgan fingerprint density at radius 1 is 1.18 bits per heavy atom. The van der Waals surface area contributed by atoms with Crippen LogP contribution in [0.2, 0.25) is 5.02 Å². The van der Waals surface area contributed by atoms with Crippen LogP contribution in [-0.4, -0.2) is 46.5 Å². The van der Waals surface area contributed by atoms with Gasteiger partial charge in [0, 0.05) is 24.1 Å². The van der Waals surface area contributed by atoms with Gasteiger partial charge >= 0.3 is 0 Å². The number of piperidine rings is 1. The Morgan fingerprint density at radius 3 is 2.76 bits per heavy atom. The van der Waals surface area contributed by atoms with Crippen LogP contribution in [0.3, 0.4) is 0 Å². The number of hydrogen-bond acceptors (Lipinski definition) is 6. The first-order valence-electron chi connectivity index (χ1n) is 13.2. The molecule has 0 radical (unpaired) electrons. The van der Waals surface area contributed by atoms with E-state index in [0.29, 0.717) is 46.8 Å². The highest BCUT2D eigenvalue weighted by molar-refractivity contribution is 6.30. The maximum absolute atomic E-state index is 14.7. The summed E-state index contributed by atoms with van der Waals surface area (Å²) < 4.78 is 35.0. The number of fused-ring (bicyclic) bond motifs is 1. The van der Waals surface area contributed by atoms with Gasteiger partial charge in [-0.1, -0.05) is 23.7 Å². The van der Waals surface area contributed by atoms with Crippen molar-refractivity contribution < 1.29 is 23.4 Å². The lowest BCUT2D eigenvalue weighted by Gasteiger charge is -2.32. The fourth-order valence-electron chi connectivity index (χ4n) is 5.89. The molecule has 200 valence electrons. The number of nitrogens with zero attached hydrogens (tertiary/aromatic N) is 3. The van der Waals surface area contributed by atoms with Crippen molar-refractivity contribution in [2.24, 2.45) is 0 Å². The third-order valence-corrected chi connectivity index (χ3v) is 8.16. The molecule has 2 unspecified atom stereocenters. The zero-order valence-electron chi connectivity index (χ0n) is 21.4. The lowest BCUT2D eigenvalue weighted by atomic mass is 9.88. The minimum absolute atomic E-state index is 0.141. The number of halogens is 2. The molecule has 3 aliphatic rings. The van der Waals surface area contributed by atoms with Crippen LogP contribution in [0.5, 0.6) is 11.5 Å². The summed E-state index contributed by atoms with van der Waals surface area (Å²) in [6, 6.07) is 10.4. The standard InChI is InChI=1S/C29H31ClFN3O4/c1-29(24-8-7-20(30)14-25(24)31)37-26-6-2-5-23(28(26)38-29)19-9-11-33(12-10-19)17-27-32-15-21(18-35)34(27)16-22-4-3-13-36-22/h2,5-8,14-15,18-19,22H,3-4,9-13,16-17H2,1H3. The molecule has 0 bridgehead atoms. The molecule has 2 atom stereocenters. The Hall–Kier alpha value is -2.94. The lowest BCUT2D eigenvalue weighted by molar-refractivity contribution is -0.0712. The smallest absolute Gasteiger partial charge is 0.278 e. The molecule has 0 saturated carbocycles. The summed E-state index contributed by atoms with van der Waals surface area (Å²) >= 11 is 5.95. The highest BCUT2D eigenvalue weighted by Crippen LogP contribution is 2.49. The number of carbonyl (C=O) groups excluding carboxylic acids is 1. The van der Waals surface area contributed by atoms with Crippen molar-refractivity contribution in [3.63, 3.8) is 0 Å². The van der Waals surface area contributed by atoms with Gasteiger partial charge in [-0.2, -0.15) is 0 Å². The maximum atomic E-state index is 14.7. The first-order chi connectivity index (χ1) is 18.4. The van der Waals surface area contributed by atoms with Gasteiger partial charge in [0.1, 0.15) is 17.3 Å². The summed E-state index contributed by atoms with van der Waals surface area (Å²) in [6.45, 7) is 5.65. The summed E-state index contributed by atoms with van der Waals surface area (Å²) in [5.74, 6) is 0.783. The molecule has 38 heavy (non-hydrogen) atoms. The first kappa shape index (κ1) is 25.3. The number of ether oxygens (including phenoxy) is 3. The first-order valence-corrected chi connectivity index (χ1v) is 13.6. The highest BCUT2D eigenvalue weighted by atomic mass is 35.5. The molecule has 2 fully saturated rings. The fourth-order valence-corrected chi connectivity index (χ4v) is 6.05. The van der Waals surface area contributed by atoms with Crippen LogP contribution in [0.15, 0.2) is 42.6 Å². The monoisotopic (exact) mass is 539 g/mol. The van der Waals surface area contributed by atoms with Crippen molar-refractivity contribution >= 4 is 17.9 Å². The summed E-state index contributed by atoms with van der Waals surface area (Å²) in [4.78, 5) is 18.6. The van der Waals surface area contributed by atoms with Crippen LogP contribution in [0.25, 0.3) is 0 Å². The number of rotatable bonds is 7. The largest absolute Gasteiger partial charge is 0.444 e. The number of imidazole rings is 1. The molecule has 0 N–H and O–H groups in total. The second-order valence-electron chi connectivity index (χ2n) is 10.5. The minimum Gasteiger partial charge on any atom is -0.444 e. The summed E-state index contributed by atoms with van der Waals surface area (Å²) in [6.07, 6.45) is 6.64. The molecule has 1 aromatic heterocycles. The third-order valence-electron chi connectivity index (χ3n) is 7.92. The van der Waals surface area contributed by atoms with E-state index in [1.165, 1.54) is 6.07 Å². The highest BCUT2D eigenvalue weighted by Gasteiger charge is 2.43. The van der Waals surface area contributed by atoms with E-state index in [-0.39, 0.29) is 6.10 Å². The Bertz CT molecular complexity index is 1330. The SMILES string of the molecule is CC1(c2ccc(Cl)cc2F)Oc2cccc(C3CCN(Cc4ncc(C=O)n4CC4CCCO4)CC3)c2O1.